The second kappa shape index (κ2) is 18.1. The first-order valence-corrected chi connectivity index (χ1v) is 15.3. The Morgan fingerprint density at radius 2 is 1.50 bits per heavy atom. The third-order valence-corrected chi connectivity index (χ3v) is 6.82. The molecule has 3 amide bonds. The fourth-order valence-corrected chi connectivity index (χ4v) is 4.93. The lowest BCUT2D eigenvalue weighted by Crippen LogP contribution is -2.53. The Labute approximate surface area is 260 Å². The van der Waals surface area contributed by atoms with Crippen LogP contribution in [0.3, 0.4) is 0 Å². The van der Waals surface area contributed by atoms with Crippen LogP contribution in [-0.4, -0.2) is 71.1 Å². The van der Waals surface area contributed by atoms with Gasteiger partial charge in [-0.1, -0.05) is 40.5 Å². The Morgan fingerprint density at radius 1 is 0.909 bits per heavy atom. The Hall–Kier alpha value is -3.81. The second-order valence-electron chi connectivity index (χ2n) is 11.4. The van der Waals surface area contributed by atoms with E-state index in [1.165, 1.54) is 12.1 Å². The van der Waals surface area contributed by atoms with Gasteiger partial charge in [-0.2, -0.15) is 0 Å². The highest BCUT2D eigenvalue weighted by Gasteiger charge is 2.27. The molecule has 0 aliphatic rings. The maximum absolute atomic E-state index is 14.0. The predicted molar refractivity (Wildman–Crippen MR) is 168 cm³/mol. The van der Waals surface area contributed by atoms with Crippen LogP contribution in [0.15, 0.2) is 36.4 Å². The first kappa shape index (κ1) is 36.4. The highest BCUT2D eigenvalue weighted by Crippen LogP contribution is 2.17. The molecule has 0 aromatic heterocycles. The normalized spacial score (nSPS) is 12.5. The highest BCUT2D eigenvalue weighted by atomic mass is 19.1. The highest BCUT2D eigenvalue weighted by molar-refractivity contribution is 6.00. The van der Waals surface area contributed by atoms with Crippen molar-refractivity contribution in [2.75, 3.05) is 26.2 Å². The summed E-state index contributed by atoms with van der Waals surface area (Å²) in [6.45, 7) is 11.2. The van der Waals surface area contributed by atoms with Gasteiger partial charge in [0, 0.05) is 55.4 Å². The van der Waals surface area contributed by atoms with Gasteiger partial charge in [-0.25, -0.2) is 13.8 Å². The summed E-state index contributed by atoms with van der Waals surface area (Å²) in [7, 11) is 0. The molecule has 44 heavy (non-hydrogen) atoms. The molecular weight excluding hydrogens is 566 g/mol. The Morgan fingerprint density at radius 3 is 2.05 bits per heavy atom. The summed E-state index contributed by atoms with van der Waals surface area (Å²) < 4.78 is 28.1. The van der Waals surface area contributed by atoms with E-state index in [2.05, 4.69) is 16.7 Å². The number of aliphatic hydroxyl groups excluding tert-OH is 1. The minimum absolute atomic E-state index is 0.0580. The van der Waals surface area contributed by atoms with Gasteiger partial charge in [-0.15, -0.1) is 6.42 Å². The first-order chi connectivity index (χ1) is 20.9. The van der Waals surface area contributed by atoms with Crippen molar-refractivity contribution in [1.29, 1.82) is 0 Å². The van der Waals surface area contributed by atoms with Gasteiger partial charge < -0.3 is 15.3 Å². The summed E-state index contributed by atoms with van der Waals surface area (Å²) >= 11 is 0. The molecule has 2 unspecified atom stereocenters. The SMILES string of the molecule is C#Cc1cc(C(=O)NC(Cc2cc(F)cc(F)c2)C(O)CN(CCC)NC(=O)CC(C)C)cc(C(=O)N(CCC)CCC)c1. The number of rotatable bonds is 17. The minimum atomic E-state index is -1.25. The van der Waals surface area contributed by atoms with Gasteiger partial charge in [0.25, 0.3) is 11.8 Å². The molecule has 0 aliphatic heterocycles. The maximum Gasteiger partial charge on any atom is 0.253 e. The number of aliphatic hydroxyl groups is 1. The number of hydrogen-bond donors (Lipinski definition) is 3. The number of carbonyl (C=O) groups excluding carboxylic acids is 3. The average molecular weight is 613 g/mol. The molecule has 0 saturated carbocycles. The van der Waals surface area contributed by atoms with Gasteiger partial charge in [0.2, 0.25) is 5.91 Å². The fraction of sp³-hybridized carbons (Fsp3) is 0.500. The molecule has 0 heterocycles. The summed E-state index contributed by atoms with van der Waals surface area (Å²) in [5, 5.41) is 15.7. The monoisotopic (exact) mass is 612 g/mol. The minimum Gasteiger partial charge on any atom is -0.390 e. The van der Waals surface area contributed by atoms with Crippen molar-refractivity contribution in [2.24, 2.45) is 5.92 Å². The van der Waals surface area contributed by atoms with E-state index in [0.29, 0.717) is 38.0 Å². The van der Waals surface area contributed by atoms with E-state index in [-0.39, 0.29) is 47.4 Å². The molecule has 3 N–H and O–H groups in total. The van der Waals surface area contributed by atoms with Crippen molar-refractivity contribution in [3.63, 3.8) is 0 Å². The molecular formula is C34H46F2N4O4. The van der Waals surface area contributed by atoms with Crippen LogP contribution in [0.1, 0.15) is 92.1 Å². The summed E-state index contributed by atoms with van der Waals surface area (Å²) in [6.07, 6.45) is 6.79. The number of halogens is 2. The van der Waals surface area contributed by atoms with Crippen LogP contribution in [0.4, 0.5) is 8.78 Å². The first-order valence-electron chi connectivity index (χ1n) is 15.3. The van der Waals surface area contributed by atoms with Gasteiger partial charge in [-0.05, 0) is 67.5 Å². The smallest absolute Gasteiger partial charge is 0.253 e. The van der Waals surface area contributed by atoms with E-state index in [0.717, 1.165) is 31.0 Å². The molecule has 0 fully saturated rings. The van der Waals surface area contributed by atoms with Crippen LogP contribution in [0.25, 0.3) is 0 Å². The van der Waals surface area contributed by atoms with Crippen LogP contribution in [0.2, 0.25) is 0 Å². The van der Waals surface area contributed by atoms with Crippen molar-refractivity contribution >= 4 is 17.7 Å². The third kappa shape index (κ3) is 11.7. The molecule has 0 spiro atoms. The molecule has 2 rings (SSSR count). The number of carbonyl (C=O) groups is 3. The van der Waals surface area contributed by atoms with Crippen LogP contribution in [0.5, 0.6) is 0 Å². The molecule has 0 radical (unpaired) electrons. The number of terminal acetylenes is 1. The van der Waals surface area contributed by atoms with Gasteiger partial charge in [-0.3, -0.25) is 19.8 Å². The summed E-state index contributed by atoms with van der Waals surface area (Å²) in [4.78, 5) is 41.1. The van der Waals surface area contributed by atoms with Gasteiger partial charge >= 0.3 is 0 Å². The molecule has 2 aromatic rings. The Bertz CT molecular complexity index is 1280. The van der Waals surface area contributed by atoms with E-state index in [9.17, 15) is 28.3 Å². The zero-order valence-electron chi connectivity index (χ0n) is 26.5. The van der Waals surface area contributed by atoms with Crippen molar-refractivity contribution in [3.05, 3.63) is 70.3 Å². The lowest BCUT2D eigenvalue weighted by atomic mass is 9.99. The zero-order chi connectivity index (χ0) is 32.8. The number of amides is 3. The largest absolute Gasteiger partial charge is 0.390 e. The van der Waals surface area contributed by atoms with E-state index < -0.39 is 29.7 Å². The maximum atomic E-state index is 14.0. The lowest BCUT2D eigenvalue weighted by molar-refractivity contribution is -0.127. The Kier molecular flexibility index (Phi) is 15.0. The van der Waals surface area contributed by atoms with Crippen molar-refractivity contribution in [1.82, 2.24) is 20.7 Å². The number of nitrogens with zero attached hydrogens (tertiary/aromatic N) is 2. The van der Waals surface area contributed by atoms with E-state index >= 15 is 0 Å². The van der Waals surface area contributed by atoms with E-state index in [1.54, 1.807) is 16.0 Å². The lowest BCUT2D eigenvalue weighted by Gasteiger charge is -2.30. The zero-order valence-corrected chi connectivity index (χ0v) is 26.5. The number of hydrogen-bond acceptors (Lipinski definition) is 5. The number of benzene rings is 2. The molecule has 2 aromatic carbocycles. The van der Waals surface area contributed by atoms with Crippen molar-refractivity contribution < 1.29 is 28.3 Å². The van der Waals surface area contributed by atoms with Gasteiger partial charge in [0.05, 0.1) is 12.1 Å². The summed E-state index contributed by atoms with van der Waals surface area (Å²) in [5.41, 5.74) is 3.73. The van der Waals surface area contributed by atoms with Crippen LogP contribution < -0.4 is 10.7 Å². The Balaban J connectivity index is 2.41. The van der Waals surface area contributed by atoms with Crippen LogP contribution in [-0.2, 0) is 11.2 Å². The van der Waals surface area contributed by atoms with Crippen molar-refractivity contribution in [2.45, 2.75) is 78.9 Å². The standard InChI is InChI=1S/C34H46F2N4O4/c1-7-11-39(12-8-2)34(44)27-16-24(10-4)15-26(20-27)33(43)37-30(19-25-17-28(35)21-29(36)18-25)31(41)22-40(13-9-3)38-32(42)14-23(5)6/h4,15-18,20-21,23,30-31,41H,7-9,11-14,19,22H2,1-3,5-6H3,(H,37,43)(H,38,42). The molecule has 240 valence electrons. The van der Waals surface area contributed by atoms with Crippen molar-refractivity contribution in [3.8, 4) is 12.3 Å². The van der Waals surface area contributed by atoms with E-state index in [4.69, 9.17) is 6.42 Å². The number of nitrogens with one attached hydrogen (secondary N) is 2. The van der Waals surface area contributed by atoms with Crippen LogP contribution >= 0.6 is 0 Å². The predicted octanol–water partition coefficient (Wildman–Crippen LogP) is 4.70. The molecule has 8 nitrogen and oxygen atoms in total. The molecule has 2 atom stereocenters. The van der Waals surface area contributed by atoms with Crippen LogP contribution in [0, 0.1) is 29.9 Å². The topological polar surface area (TPSA) is 102 Å². The van der Waals surface area contributed by atoms with E-state index in [1.807, 2.05) is 34.6 Å². The van der Waals surface area contributed by atoms with Gasteiger partial charge in [0.1, 0.15) is 11.6 Å². The molecule has 0 saturated heterocycles. The second-order valence-corrected chi connectivity index (χ2v) is 11.4. The number of hydrazine groups is 1. The molecule has 0 aliphatic carbocycles. The molecule has 10 heteroatoms. The molecule has 0 bridgehead atoms. The fourth-order valence-electron chi connectivity index (χ4n) is 4.93. The van der Waals surface area contributed by atoms with Gasteiger partial charge in [0.15, 0.2) is 0 Å². The summed E-state index contributed by atoms with van der Waals surface area (Å²) in [5.74, 6) is -0.0471. The summed E-state index contributed by atoms with van der Waals surface area (Å²) in [6, 6.07) is 6.47. The third-order valence-electron chi connectivity index (χ3n) is 6.82. The average Bonchev–Trinajstić information content (AvgIpc) is 2.95. The quantitative estimate of drug-likeness (QED) is 0.178.